The zero-order chi connectivity index (χ0) is 23.8. The molecule has 0 bridgehead atoms. The van der Waals surface area contributed by atoms with E-state index in [4.69, 9.17) is 0 Å². The number of hydrogen-bond donors (Lipinski definition) is 3. The molecule has 1 unspecified atom stereocenters. The fourth-order valence-corrected chi connectivity index (χ4v) is 5.84. The van der Waals surface area contributed by atoms with E-state index >= 15 is 0 Å². The molecule has 176 valence electrons. The Labute approximate surface area is 207 Å². The molecule has 6 rings (SSSR count). The number of anilines is 3. The van der Waals surface area contributed by atoms with E-state index in [-0.39, 0.29) is 18.0 Å². The Balaban J connectivity index is 1.31. The maximum Gasteiger partial charge on any atom is 0.331 e. The molecule has 35 heavy (non-hydrogen) atoms. The lowest BCUT2D eigenvalue weighted by atomic mass is 10.0. The zero-order valence-corrected chi connectivity index (χ0v) is 19.9. The van der Waals surface area contributed by atoms with Crippen LogP contribution in [-0.4, -0.2) is 36.1 Å². The van der Waals surface area contributed by atoms with E-state index in [1.54, 1.807) is 11.1 Å². The minimum Gasteiger partial charge on any atom is -0.347 e. The van der Waals surface area contributed by atoms with Gasteiger partial charge in [-0.2, -0.15) is 0 Å². The monoisotopic (exact) mass is 483 g/mol. The van der Waals surface area contributed by atoms with E-state index in [1.165, 1.54) is 22.5 Å². The van der Waals surface area contributed by atoms with Crippen molar-refractivity contribution in [1.82, 2.24) is 15.6 Å². The summed E-state index contributed by atoms with van der Waals surface area (Å²) >= 11 is 1.32. The molecule has 0 aliphatic carbocycles. The van der Waals surface area contributed by atoms with Crippen LogP contribution >= 0.6 is 11.3 Å². The van der Waals surface area contributed by atoms with E-state index in [0.29, 0.717) is 10.6 Å². The quantitative estimate of drug-likeness (QED) is 0.371. The molecule has 4 heterocycles. The second kappa shape index (κ2) is 9.13. The molecule has 0 radical (unpaired) electrons. The molecule has 3 amide bonds. The summed E-state index contributed by atoms with van der Waals surface area (Å²) in [6, 6.07) is 20.0. The van der Waals surface area contributed by atoms with Crippen molar-refractivity contribution >= 4 is 50.6 Å². The van der Waals surface area contributed by atoms with Crippen molar-refractivity contribution in [2.45, 2.75) is 25.3 Å². The summed E-state index contributed by atoms with van der Waals surface area (Å²) in [5.74, 6) is -0.165. The minimum atomic E-state index is -0.285. The number of amides is 3. The van der Waals surface area contributed by atoms with Gasteiger partial charge < -0.3 is 16.0 Å². The fourth-order valence-electron chi connectivity index (χ4n) is 4.82. The molecule has 1 atom stereocenters. The third-order valence-corrected chi connectivity index (χ3v) is 7.63. The van der Waals surface area contributed by atoms with E-state index in [1.807, 2.05) is 48.5 Å². The molecular weight excluding hydrogens is 458 g/mol. The first-order valence-corrected chi connectivity index (χ1v) is 12.7. The van der Waals surface area contributed by atoms with Crippen LogP contribution in [0.1, 0.15) is 33.6 Å². The molecule has 2 aliphatic heterocycles. The number of thiophene rings is 1. The van der Waals surface area contributed by atoms with Crippen LogP contribution in [0.2, 0.25) is 0 Å². The molecule has 0 saturated carbocycles. The van der Waals surface area contributed by atoms with Crippen molar-refractivity contribution in [1.29, 1.82) is 0 Å². The fraction of sp³-hybridized carbons (Fsp3) is 0.222. The predicted octanol–water partition coefficient (Wildman–Crippen LogP) is 5.05. The van der Waals surface area contributed by atoms with Gasteiger partial charge >= 0.3 is 6.03 Å². The average molecular weight is 484 g/mol. The standard InChI is InChI=1S/C27H25N5O2S/c33-25(30-19-7-4-13-28-16-19)24-23-22-21(12-14-29-26(22)35-24)32(27(34)31-23)20-10-8-18(9-11-20)15-17-5-2-1-3-6-17/h1-3,5-6,8-12,14,19,28H,4,7,13,15-16H2,(H,30,33)(H,31,34). The Morgan fingerprint density at radius 3 is 2.66 bits per heavy atom. The number of nitrogens with one attached hydrogen (secondary N) is 3. The molecule has 1 saturated heterocycles. The van der Waals surface area contributed by atoms with Crippen LogP contribution in [0.25, 0.3) is 10.2 Å². The van der Waals surface area contributed by atoms with Crippen LogP contribution in [0.5, 0.6) is 0 Å². The molecule has 7 nitrogen and oxygen atoms in total. The van der Waals surface area contributed by atoms with E-state index in [0.717, 1.165) is 53.9 Å². The van der Waals surface area contributed by atoms with Crippen LogP contribution < -0.4 is 20.9 Å². The highest BCUT2D eigenvalue weighted by Gasteiger charge is 2.33. The van der Waals surface area contributed by atoms with Crippen LogP contribution in [0.15, 0.2) is 66.9 Å². The number of urea groups is 1. The van der Waals surface area contributed by atoms with Gasteiger partial charge in [-0.15, -0.1) is 11.3 Å². The van der Waals surface area contributed by atoms with Gasteiger partial charge in [-0.1, -0.05) is 42.5 Å². The minimum absolute atomic E-state index is 0.0892. The summed E-state index contributed by atoms with van der Waals surface area (Å²) in [4.78, 5) is 33.8. The first-order valence-electron chi connectivity index (χ1n) is 11.8. The van der Waals surface area contributed by atoms with Gasteiger partial charge in [0.05, 0.1) is 22.4 Å². The molecule has 1 fully saturated rings. The van der Waals surface area contributed by atoms with Gasteiger partial charge in [0.25, 0.3) is 5.91 Å². The number of benzene rings is 2. The normalized spacial score (nSPS) is 17.3. The second-order valence-corrected chi connectivity index (χ2v) is 9.93. The van der Waals surface area contributed by atoms with Gasteiger partial charge in [-0.05, 0) is 55.1 Å². The molecule has 2 aromatic carbocycles. The highest BCUT2D eigenvalue weighted by molar-refractivity contribution is 7.21. The molecule has 3 N–H and O–H groups in total. The number of carbonyl (C=O) groups excluding carboxylic acids is 2. The summed E-state index contributed by atoms with van der Waals surface area (Å²) < 4.78 is 0. The van der Waals surface area contributed by atoms with Crippen LogP contribution in [0.4, 0.5) is 21.9 Å². The largest absolute Gasteiger partial charge is 0.347 e. The van der Waals surface area contributed by atoms with E-state index < -0.39 is 0 Å². The SMILES string of the molecule is O=C(NC1CCCNC1)c1sc2nccc3c2c1NC(=O)N3c1ccc(Cc2ccccc2)cc1. The molecule has 4 aromatic rings. The smallest absolute Gasteiger partial charge is 0.331 e. The molecule has 2 aliphatic rings. The Morgan fingerprint density at radius 1 is 1.09 bits per heavy atom. The number of aromatic nitrogens is 1. The lowest BCUT2D eigenvalue weighted by Crippen LogP contribution is -2.45. The number of carbonyl (C=O) groups is 2. The van der Waals surface area contributed by atoms with Crippen molar-refractivity contribution in [3.63, 3.8) is 0 Å². The van der Waals surface area contributed by atoms with Gasteiger partial charge in [-0.3, -0.25) is 9.69 Å². The summed E-state index contributed by atoms with van der Waals surface area (Å²) in [5.41, 5.74) is 4.47. The third-order valence-electron chi connectivity index (χ3n) is 6.53. The van der Waals surface area contributed by atoms with Crippen molar-refractivity contribution in [3.8, 4) is 0 Å². The van der Waals surface area contributed by atoms with Crippen LogP contribution in [0, 0.1) is 0 Å². The lowest BCUT2D eigenvalue weighted by molar-refractivity contribution is 0.0935. The molecule has 2 aromatic heterocycles. The van der Waals surface area contributed by atoms with Crippen molar-refractivity contribution < 1.29 is 9.59 Å². The highest BCUT2D eigenvalue weighted by atomic mass is 32.1. The number of nitrogens with zero attached hydrogens (tertiary/aromatic N) is 2. The lowest BCUT2D eigenvalue weighted by Gasteiger charge is -2.28. The first kappa shape index (κ1) is 21.8. The Kier molecular flexibility index (Phi) is 5.67. The molecule has 8 heteroatoms. The van der Waals surface area contributed by atoms with Gasteiger partial charge in [0.15, 0.2) is 0 Å². The maximum absolute atomic E-state index is 13.3. The number of rotatable bonds is 5. The van der Waals surface area contributed by atoms with Crippen molar-refractivity contribution in [3.05, 3.63) is 82.9 Å². The Hall–Kier alpha value is -3.75. The summed E-state index contributed by atoms with van der Waals surface area (Å²) in [6.45, 7) is 1.74. The van der Waals surface area contributed by atoms with Gasteiger partial charge in [0.2, 0.25) is 0 Å². The molecular formula is C27H25N5O2S. The number of piperidine rings is 1. The number of pyridine rings is 1. The predicted molar refractivity (Wildman–Crippen MR) is 140 cm³/mol. The average Bonchev–Trinajstić information content (AvgIpc) is 3.26. The van der Waals surface area contributed by atoms with Gasteiger partial charge in [0.1, 0.15) is 9.71 Å². The topological polar surface area (TPSA) is 86.4 Å². The summed E-state index contributed by atoms with van der Waals surface area (Å²) in [5, 5.41) is 10.2. The highest BCUT2D eigenvalue weighted by Crippen LogP contribution is 2.45. The summed E-state index contributed by atoms with van der Waals surface area (Å²) in [6.07, 6.45) is 4.51. The van der Waals surface area contributed by atoms with E-state index in [2.05, 4.69) is 33.1 Å². The van der Waals surface area contributed by atoms with Crippen molar-refractivity contribution in [2.75, 3.05) is 23.3 Å². The maximum atomic E-state index is 13.3. The van der Waals surface area contributed by atoms with Crippen LogP contribution in [0.3, 0.4) is 0 Å². The van der Waals surface area contributed by atoms with Gasteiger partial charge in [-0.25, -0.2) is 9.78 Å². The third kappa shape index (κ3) is 4.15. The van der Waals surface area contributed by atoms with Gasteiger partial charge in [0, 0.05) is 18.8 Å². The van der Waals surface area contributed by atoms with Crippen LogP contribution in [-0.2, 0) is 6.42 Å². The zero-order valence-electron chi connectivity index (χ0n) is 19.1. The summed E-state index contributed by atoms with van der Waals surface area (Å²) in [7, 11) is 0. The van der Waals surface area contributed by atoms with E-state index in [9.17, 15) is 9.59 Å². The molecule has 0 spiro atoms. The Morgan fingerprint density at radius 2 is 1.89 bits per heavy atom. The Bertz CT molecular complexity index is 1390. The first-order chi connectivity index (χ1) is 17.2. The number of hydrogen-bond acceptors (Lipinski definition) is 5. The van der Waals surface area contributed by atoms with Crippen molar-refractivity contribution in [2.24, 2.45) is 0 Å². The second-order valence-electron chi connectivity index (χ2n) is 8.93.